The Labute approximate surface area is 144 Å². The van der Waals surface area contributed by atoms with Crippen molar-refractivity contribution in [3.63, 3.8) is 0 Å². The average molecular weight is 347 g/mol. The maximum absolute atomic E-state index is 12.4. The number of pyridine rings is 1. The molecule has 0 saturated heterocycles. The summed E-state index contributed by atoms with van der Waals surface area (Å²) in [6.07, 6.45) is 3.58. The highest BCUT2D eigenvalue weighted by Gasteiger charge is 2.14. The highest BCUT2D eigenvalue weighted by atomic mass is 32.2. The first-order chi connectivity index (χ1) is 11.4. The Bertz CT molecular complexity index is 739. The number of hydrogen-bond donors (Lipinski definition) is 2. The van der Waals surface area contributed by atoms with Crippen molar-refractivity contribution in [3.05, 3.63) is 48.2 Å². The minimum Gasteiger partial charge on any atom is -0.384 e. The van der Waals surface area contributed by atoms with Crippen molar-refractivity contribution in [1.82, 2.24) is 4.98 Å². The molecular weight excluding hydrogens is 322 g/mol. The van der Waals surface area contributed by atoms with E-state index in [1.807, 2.05) is 25.1 Å². The fraction of sp³-hybridized carbons (Fsp3) is 0.389. The van der Waals surface area contributed by atoms with E-state index in [2.05, 4.69) is 28.9 Å². The Hall–Kier alpha value is -2.08. The van der Waals surface area contributed by atoms with Gasteiger partial charge in [0.1, 0.15) is 5.82 Å². The van der Waals surface area contributed by atoms with Crippen LogP contribution in [0.25, 0.3) is 0 Å². The summed E-state index contributed by atoms with van der Waals surface area (Å²) in [5.74, 6) is 0.944. The largest absolute Gasteiger partial charge is 0.384 e. The molecule has 6 heteroatoms. The van der Waals surface area contributed by atoms with Crippen LogP contribution in [0.1, 0.15) is 32.8 Å². The van der Waals surface area contributed by atoms with Gasteiger partial charge in [-0.15, -0.1) is 0 Å². The summed E-state index contributed by atoms with van der Waals surface area (Å²) in [5, 5.41) is 3.27. The number of anilines is 2. The molecule has 1 aromatic heterocycles. The van der Waals surface area contributed by atoms with Crippen LogP contribution in [0.15, 0.2) is 47.5 Å². The topological polar surface area (TPSA) is 71.1 Å². The van der Waals surface area contributed by atoms with Gasteiger partial charge in [0.2, 0.25) is 0 Å². The smallest absolute Gasteiger partial charge is 0.263 e. The summed E-state index contributed by atoms with van der Waals surface area (Å²) in [7, 11) is -3.61. The molecule has 0 unspecified atom stereocenters. The van der Waals surface area contributed by atoms with Crippen LogP contribution in [0.2, 0.25) is 0 Å². The summed E-state index contributed by atoms with van der Waals surface area (Å²) < 4.78 is 27.2. The molecule has 1 heterocycles. The lowest BCUT2D eigenvalue weighted by molar-refractivity contribution is 0.601. The van der Waals surface area contributed by atoms with E-state index in [4.69, 9.17) is 0 Å². The van der Waals surface area contributed by atoms with Crippen LogP contribution in [0, 0.1) is 5.92 Å². The number of aryl methyl sites for hydroxylation is 1. The molecule has 5 nitrogen and oxygen atoms in total. The van der Waals surface area contributed by atoms with Crippen LogP contribution in [0.3, 0.4) is 0 Å². The normalized spacial score (nSPS) is 11.5. The highest BCUT2D eigenvalue weighted by molar-refractivity contribution is 7.92. The van der Waals surface area contributed by atoms with Crippen LogP contribution in [-0.4, -0.2) is 19.9 Å². The number of rotatable bonds is 8. The first-order valence-corrected chi connectivity index (χ1v) is 9.70. The second-order valence-corrected chi connectivity index (χ2v) is 7.83. The quantitative estimate of drug-likeness (QED) is 0.760. The Morgan fingerprint density at radius 1 is 1.08 bits per heavy atom. The first kappa shape index (κ1) is 18.3. The fourth-order valence-corrected chi connectivity index (χ4v) is 3.17. The molecule has 0 spiro atoms. The number of sulfonamides is 1. The minimum absolute atomic E-state index is 0.237. The molecule has 0 aliphatic carbocycles. The van der Waals surface area contributed by atoms with E-state index in [1.165, 1.54) is 0 Å². The predicted molar refractivity (Wildman–Crippen MR) is 98.8 cm³/mol. The lowest BCUT2D eigenvalue weighted by atomic mass is 10.1. The van der Waals surface area contributed by atoms with Gasteiger partial charge in [-0.2, -0.15) is 0 Å². The maximum atomic E-state index is 12.4. The first-order valence-electron chi connectivity index (χ1n) is 8.22. The molecule has 0 amide bonds. The molecule has 0 aliphatic rings. The van der Waals surface area contributed by atoms with E-state index in [0.717, 1.165) is 30.6 Å². The van der Waals surface area contributed by atoms with Crippen molar-refractivity contribution in [2.24, 2.45) is 5.92 Å². The van der Waals surface area contributed by atoms with Crippen molar-refractivity contribution in [3.8, 4) is 0 Å². The summed E-state index contributed by atoms with van der Waals surface area (Å²) in [4.78, 5) is 4.40. The van der Waals surface area contributed by atoms with Crippen molar-refractivity contribution in [2.45, 2.75) is 38.5 Å². The van der Waals surface area contributed by atoms with Gasteiger partial charge in [-0.05, 0) is 48.6 Å². The maximum Gasteiger partial charge on any atom is 0.263 e. The molecule has 130 valence electrons. The molecular formula is C18H25N3O2S. The third-order valence-corrected chi connectivity index (χ3v) is 5.07. The van der Waals surface area contributed by atoms with E-state index < -0.39 is 10.0 Å². The van der Waals surface area contributed by atoms with E-state index >= 15 is 0 Å². The lowest BCUT2D eigenvalue weighted by Gasteiger charge is -2.10. The lowest BCUT2D eigenvalue weighted by Crippen LogP contribution is -2.14. The Morgan fingerprint density at radius 3 is 2.33 bits per heavy atom. The van der Waals surface area contributed by atoms with Gasteiger partial charge in [0.25, 0.3) is 10.0 Å². The SMILES string of the molecule is CCc1ccc(S(=O)(=O)Nc2ccc(NCCC(C)C)cn2)cc1. The zero-order chi connectivity index (χ0) is 17.6. The Morgan fingerprint density at radius 2 is 1.79 bits per heavy atom. The summed E-state index contributed by atoms with van der Waals surface area (Å²) >= 11 is 0. The third-order valence-electron chi connectivity index (χ3n) is 3.70. The molecule has 2 rings (SSSR count). The monoisotopic (exact) mass is 347 g/mol. The Kier molecular flexibility index (Phi) is 6.20. The van der Waals surface area contributed by atoms with Crippen LogP contribution in [0.4, 0.5) is 11.5 Å². The van der Waals surface area contributed by atoms with Gasteiger partial charge < -0.3 is 5.32 Å². The van der Waals surface area contributed by atoms with Crippen LogP contribution in [0.5, 0.6) is 0 Å². The molecule has 0 radical (unpaired) electrons. The predicted octanol–water partition coefficient (Wildman–Crippen LogP) is 3.90. The zero-order valence-electron chi connectivity index (χ0n) is 14.4. The highest BCUT2D eigenvalue weighted by Crippen LogP contribution is 2.17. The number of nitrogens with zero attached hydrogens (tertiary/aromatic N) is 1. The number of benzene rings is 1. The average Bonchev–Trinajstić information content (AvgIpc) is 2.56. The van der Waals surface area contributed by atoms with Crippen molar-refractivity contribution in [2.75, 3.05) is 16.6 Å². The van der Waals surface area contributed by atoms with Crippen molar-refractivity contribution >= 4 is 21.5 Å². The van der Waals surface area contributed by atoms with Gasteiger partial charge in [0, 0.05) is 6.54 Å². The van der Waals surface area contributed by atoms with Crippen LogP contribution < -0.4 is 10.0 Å². The summed E-state index contributed by atoms with van der Waals surface area (Å²) in [6, 6.07) is 10.4. The van der Waals surface area contributed by atoms with Crippen LogP contribution >= 0.6 is 0 Å². The third kappa shape index (κ3) is 5.23. The van der Waals surface area contributed by atoms with Gasteiger partial charge in [0.15, 0.2) is 0 Å². The number of hydrogen-bond acceptors (Lipinski definition) is 4. The molecule has 0 atom stereocenters. The van der Waals surface area contributed by atoms with E-state index in [9.17, 15) is 8.42 Å². The fourth-order valence-electron chi connectivity index (χ4n) is 2.16. The number of nitrogens with one attached hydrogen (secondary N) is 2. The van der Waals surface area contributed by atoms with Gasteiger partial charge in [0.05, 0.1) is 16.8 Å². The summed E-state index contributed by atoms with van der Waals surface area (Å²) in [5.41, 5.74) is 1.98. The standard InChI is InChI=1S/C18H25N3O2S/c1-4-15-5-8-17(9-6-15)24(22,23)21-18-10-7-16(13-20-18)19-12-11-14(2)3/h5-10,13-14,19H,4,11-12H2,1-3H3,(H,20,21). The van der Waals surface area contributed by atoms with Crippen molar-refractivity contribution < 1.29 is 8.42 Å². The molecule has 0 fully saturated rings. The molecule has 0 bridgehead atoms. The Balaban J connectivity index is 2.01. The van der Waals surface area contributed by atoms with Crippen LogP contribution in [-0.2, 0) is 16.4 Å². The van der Waals surface area contributed by atoms with Gasteiger partial charge in [-0.1, -0.05) is 32.9 Å². The van der Waals surface area contributed by atoms with Gasteiger partial charge >= 0.3 is 0 Å². The van der Waals surface area contributed by atoms with Gasteiger partial charge in [-0.25, -0.2) is 13.4 Å². The second kappa shape index (κ2) is 8.15. The van der Waals surface area contributed by atoms with Gasteiger partial charge in [-0.3, -0.25) is 4.72 Å². The molecule has 2 N–H and O–H groups in total. The molecule has 24 heavy (non-hydrogen) atoms. The molecule has 0 saturated carbocycles. The second-order valence-electron chi connectivity index (χ2n) is 6.14. The van der Waals surface area contributed by atoms with E-state index in [-0.39, 0.29) is 4.90 Å². The van der Waals surface area contributed by atoms with Crippen molar-refractivity contribution in [1.29, 1.82) is 0 Å². The molecule has 1 aromatic carbocycles. The summed E-state index contributed by atoms with van der Waals surface area (Å²) in [6.45, 7) is 7.24. The molecule has 0 aliphatic heterocycles. The van der Waals surface area contributed by atoms with E-state index in [1.54, 1.807) is 24.4 Å². The number of aromatic nitrogens is 1. The van der Waals surface area contributed by atoms with E-state index in [0.29, 0.717) is 11.7 Å². The zero-order valence-corrected chi connectivity index (χ0v) is 15.2. The minimum atomic E-state index is -3.61. The molecule has 2 aromatic rings.